The maximum atomic E-state index is 13.7. The summed E-state index contributed by atoms with van der Waals surface area (Å²) in [5.41, 5.74) is 3.15. The third-order valence-electron chi connectivity index (χ3n) is 6.46. The van der Waals surface area contributed by atoms with Crippen LogP contribution in [0.3, 0.4) is 0 Å². The number of hydrogen-bond donors (Lipinski definition) is 1. The van der Waals surface area contributed by atoms with Gasteiger partial charge in [-0.1, -0.05) is 64.3 Å². The highest BCUT2D eigenvalue weighted by molar-refractivity contribution is 6.09. The number of benzene rings is 1. The Kier molecular flexibility index (Phi) is 8.06. The fourth-order valence-corrected chi connectivity index (χ4v) is 4.30. The molecule has 5 nitrogen and oxygen atoms in total. The molecule has 0 saturated heterocycles. The van der Waals surface area contributed by atoms with E-state index in [1.54, 1.807) is 30.3 Å². The average molecular weight is 448 g/mol. The van der Waals surface area contributed by atoms with Crippen LogP contribution in [-0.4, -0.2) is 22.8 Å². The number of rotatable bonds is 6. The van der Waals surface area contributed by atoms with E-state index >= 15 is 0 Å². The normalized spacial score (nSPS) is 16.2. The van der Waals surface area contributed by atoms with Crippen LogP contribution >= 0.6 is 0 Å². The van der Waals surface area contributed by atoms with Gasteiger partial charge in [-0.3, -0.25) is 19.5 Å². The molecular formula is C28H37N3O2. The van der Waals surface area contributed by atoms with Crippen molar-refractivity contribution in [2.75, 3.05) is 4.90 Å². The van der Waals surface area contributed by atoms with Crippen molar-refractivity contribution in [3.63, 3.8) is 0 Å². The van der Waals surface area contributed by atoms with Gasteiger partial charge in [0.25, 0.3) is 5.91 Å². The molecule has 2 aromatic rings. The van der Waals surface area contributed by atoms with E-state index in [4.69, 9.17) is 0 Å². The minimum atomic E-state index is -0.802. The molecule has 33 heavy (non-hydrogen) atoms. The van der Waals surface area contributed by atoms with Gasteiger partial charge in [0.1, 0.15) is 6.04 Å². The minimum Gasteiger partial charge on any atom is -0.351 e. The summed E-state index contributed by atoms with van der Waals surface area (Å²) in [6.07, 6.45) is 10.6. The molecule has 1 saturated carbocycles. The molecule has 0 spiro atoms. The first-order chi connectivity index (χ1) is 15.7. The Bertz CT molecular complexity index is 968. The second kappa shape index (κ2) is 10.8. The summed E-state index contributed by atoms with van der Waals surface area (Å²) in [7, 11) is 0. The zero-order valence-electron chi connectivity index (χ0n) is 20.6. The number of carbonyl (C=O) groups is 2. The van der Waals surface area contributed by atoms with Crippen molar-refractivity contribution in [3.05, 3.63) is 71.6 Å². The number of hydrogen-bond acceptors (Lipinski definition) is 3. The van der Waals surface area contributed by atoms with Gasteiger partial charge in [0.2, 0.25) is 5.91 Å². The highest BCUT2D eigenvalue weighted by Crippen LogP contribution is 2.32. The van der Waals surface area contributed by atoms with E-state index in [1.165, 1.54) is 12.0 Å². The Morgan fingerprint density at radius 1 is 1.09 bits per heavy atom. The van der Waals surface area contributed by atoms with E-state index in [0.29, 0.717) is 16.8 Å². The van der Waals surface area contributed by atoms with E-state index in [2.05, 4.69) is 31.1 Å². The van der Waals surface area contributed by atoms with Crippen LogP contribution in [0.15, 0.2) is 60.4 Å². The minimum absolute atomic E-state index is 0.00623. The highest BCUT2D eigenvalue weighted by atomic mass is 16.2. The lowest BCUT2D eigenvalue weighted by Crippen LogP contribution is -2.47. The lowest BCUT2D eigenvalue weighted by Gasteiger charge is -2.34. The average Bonchev–Trinajstić information content (AvgIpc) is 2.82. The molecule has 0 aliphatic heterocycles. The smallest absolute Gasteiger partial charge is 0.254 e. The van der Waals surface area contributed by atoms with Crippen LogP contribution in [0.2, 0.25) is 0 Å². The van der Waals surface area contributed by atoms with E-state index in [9.17, 15) is 9.59 Å². The molecule has 3 rings (SSSR count). The van der Waals surface area contributed by atoms with Gasteiger partial charge in [0.15, 0.2) is 0 Å². The molecule has 1 fully saturated rings. The van der Waals surface area contributed by atoms with Crippen molar-refractivity contribution in [2.24, 2.45) is 0 Å². The number of nitrogens with one attached hydrogen (secondary N) is 1. The number of aromatic nitrogens is 1. The molecule has 1 aliphatic carbocycles. The van der Waals surface area contributed by atoms with Crippen molar-refractivity contribution >= 4 is 17.5 Å². The van der Waals surface area contributed by atoms with Crippen LogP contribution in [0.4, 0.5) is 5.69 Å². The molecular weight excluding hydrogens is 410 g/mol. The second-order valence-electron chi connectivity index (χ2n) is 9.98. The Hall–Kier alpha value is -2.95. The van der Waals surface area contributed by atoms with Crippen molar-refractivity contribution in [1.82, 2.24) is 10.3 Å². The van der Waals surface area contributed by atoms with Gasteiger partial charge in [-0.05, 0) is 55.9 Å². The molecule has 1 N–H and O–H groups in total. The maximum Gasteiger partial charge on any atom is 0.254 e. The van der Waals surface area contributed by atoms with E-state index in [-0.39, 0.29) is 23.3 Å². The van der Waals surface area contributed by atoms with E-state index in [0.717, 1.165) is 25.7 Å². The predicted octanol–water partition coefficient (Wildman–Crippen LogP) is 5.87. The van der Waals surface area contributed by atoms with Crippen molar-refractivity contribution < 1.29 is 9.59 Å². The maximum absolute atomic E-state index is 13.7. The number of anilines is 1. The van der Waals surface area contributed by atoms with Gasteiger partial charge in [0.05, 0.1) is 0 Å². The molecule has 1 atom stereocenters. The van der Waals surface area contributed by atoms with Crippen LogP contribution < -0.4 is 10.2 Å². The number of nitrogens with zero attached hydrogens (tertiary/aromatic N) is 2. The first-order valence-electron chi connectivity index (χ1n) is 12.0. The lowest BCUT2D eigenvalue weighted by molar-refractivity contribution is -0.126. The molecule has 1 aromatic carbocycles. The predicted molar refractivity (Wildman–Crippen MR) is 134 cm³/mol. The second-order valence-corrected chi connectivity index (χ2v) is 9.98. The summed E-state index contributed by atoms with van der Waals surface area (Å²) in [5.74, 6) is -0.347. The summed E-state index contributed by atoms with van der Waals surface area (Å²) in [6.45, 7) is 10.1. The Morgan fingerprint density at radius 3 is 2.30 bits per heavy atom. The third kappa shape index (κ3) is 6.10. The summed E-state index contributed by atoms with van der Waals surface area (Å²) in [5, 5.41) is 3.24. The first kappa shape index (κ1) is 24.7. The molecule has 1 unspecified atom stereocenters. The van der Waals surface area contributed by atoms with Crippen LogP contribution in [-0.2, 0) is 15.0 Å². The van der Waals surface area contributed by atoms with Crippen LogP contribution in [0.1, 0.15) is 83.9 Å². The molecule has 1 aromatic heterocycles. The van der Waals surface area contributed by atoms with E-state index in [1.807, 2.05) is 43.3 Å². The van der Waals surface area contributed by atoms with Gasteiger partial charge >= 0.3 is 0 Å². The zero-order chi connectivity index (χ0) is 24.0. The summed E-state index contributed by atoms with van der Waals surface area (Å²) in [6, 6.07) is 11.0. The fraction of sp³-hybridized carbons (Fsp3) is 0.464. The number of pyridine rings is 1. The van der Waals surface area contributed by atoms with Crippen LogP contribution in [0, 0.1) is 0 Å². The lowest BCUT2D eigenvalue weighted by atomic mass is 9.87. The van der Waals surface area contributed by atoms with Crippen molar-refractivity contribution in [2.45, 2.75) is 84.2 Å². The standard InChI is InChI=1S/C28H37N3O2/c1-6-20(2)27(33)31(24-16-14-22(15-17-24)28(3,4)5)25(21-11-10-18-29-19-21)26(32)30-23-12-8-7-9-13-23/h6,10-11,14-19,23,25H,7-9,12-13H2,1-5H3,(H,30,32)/b20-6+. The van der Waals surface area contributed by atoms with Crippen molar-refractivity contribution in [3.8, 4) is 0 Å². The molecule has 1 heterocycles. The summed E-state index contributed by atoms with van der Waals surface area (Å²) in [4.78, 5) is 33.2. The summed E-state index contributed by atoms with van der Waals surface area (Å²) >= 11 is 0. The summed E-state index contributed by atoms with van der Waals surface area (Å²) < 4.78 is 0. The zero-order valence-corrected chi connectivity index (χ0v) is 20.6. The van der Waals surface area contributed by atoms with Crippen LogP contribution in [0.5, 0.6) is 0 Å². The van der Waals surface area contributed by atoms with Gasteiger partial charge in [0, 0.05) is 35.3 Å². The highest BCUT2D eigenvalue weighted by Gasteiger charge is 2.34. The molecule has 0 radical (unpaired) electrons. The molecule has 5 heteroatoms. The molecule has 0 bridgehead atoms. The topological polar surface area (TPSA) is 62.3 Å². The van der Waals surface area contributed by atoms with E-state index < -0.39 is 6.04 Å². The Morgan fingerprint density at radius 2 is 1.76 bits per heavy atom. The number of carbonyl (C=O) groups excluding carboxylic acids is 2. The Labute approximate surface area is 198 Å². The fourth-order valence-electron chi connectivity index (χ4n) is 4.30. The van der Waals surface area contributed by atoms with Gasteiger partial charge in [-0.25, -0.2) is 0 Å². The van der Waals surface area contributed by atoms with Crippen molar-refractivity contribution in [1.29, 1.82) is 0 Å². The molecule has 1 aliphatic rings. The monoisotopic (exact) mass is 447 g/mol. The Balaban J connectivity index is 2.06. The largest absolute Gasteiger partial charge is 0.351 e. The first-order valence-corrected chi connectivity index (χ1v) is 12.0. The molecule has 2 amide bonds. The number of amides is 2. The quantitative estimate of drug-likeness (QED) is 0.564. The van der Waals surface area contributed by atoms with Gasteiger partial charge in [-0.15, -0.1) is 0 Å². The number of allylic oxidation sites excluding steroid dienone is 1. The third-order valence-corrected chi connectivity index (χ3v) is 6.46. The van der Waals surface area contributed by atoms with Gasteiger partial charge in [-0.2, -0.15) is 0 Å². The molecule has 176 valence electrons. The van der Waals surface area contributed by atoms with Crippen LogP contribution in [0.25, 0.3) is 0 Å². The van der Waals surface area contributed by atoms with Gasteiger partial charge < -0.3 is 5.32 Å². The SMILES string of the molecule is C/C=C(\C)C(=O)N(c1ccc(C(C)(C)C)cc1)C(C(=O)NC1CCCCC1)c1cccnc1.